The number of hydrogen-bond acceptors (Lipinski definition) is 7. The molecule has 0 radical (unpaired) electrons. The molecule has 1 aliphatic heterocycles. The third kappa shape index (κ3) is 5.20. The Hall–Kier alpha value is -3.07. The third-order valence-corrected chi connectivity index (χ3v) is 3.81. The molecule has 3 rings (SSSR count). The van der Waals surface area contributed by atoms with E-state index < -0.39 is 30.5 Å². The predicted octanol–water partition coefficient (Wildman–Crippen LogP) is 2.08. The summed E-state index contributed by atoms with van der Waals surface area (Å²) in [6.07, 6.45) is 1.52. The number of nitrogens with one attached hydrogen (secondary N) is 1. The molecule has 2 heterocycles. The zero-order valence-corrected chi connectivity index (χ0v) is 15.4. The maximum atomic E-state index is 12.1. The molecule has 140 valence electrons. The fourth-order valence-electron chi connectivity index (χ4n) is 2.16. The molecule has 1 N–H and O–H groups in total. The number of carbonyl (C=O) groups excluding carboxylic acids is 3. The van der Waals surface area contributed by atoms with Gasteiger partial charge in [-0.15, -0.1) is 0 Å². The number of ether oxygens (including phenoxy) is 3. The van der Waals surface area contributed by atoms with Crippen molar-refractivity contribution in [1.29, 1.82) is 0 Å². The fraction of sp³-hybridized carbons (Fsp3) is 0.167. The lowest BCUT2D eigenvalue weighted by Gasteiger charge is -2.25. The lowest BCUT2D eigenvalue weighted by molar-refractivity contribution is -0.146. The number of carbonyl (C=O) groups is 3. The maximum absolute atomic E-state index is 12.1. The van der Waals surface area contributed by atoms with E-state index in [1.165, 1.54) is 6.08 Å². The van der Waals surface area contributed by atoms with Crippen LogP contribution in [-0.4, -0.2) is 37.1 Å². The summed E-state index contributed by atoms with van der Waals surface area (Å²) in [6, 6.07) is 10.2. The van der Waals surface area contributed by atoms with Gasteiger partial charge in [0.1, 0.15) is 12.4 Å². The standard InChI is InChI=1S/C18H14BrNO7/c19-15-7-5-11(26-15)6-8-17(22)25-10-16(21)20-18(23)14-9-24-12-3-1-2-4-13(12)27-14/h1-8,14H,9-10H2,(H,20,21,23)/t14-/m0/s1. The summed E-state index contributed by atoms with van der Waals surface area (Å²) in [5.74, 6) is -0.828. The van der Waals surface area contributed by atoms with Gasteiger partial charge in [0.2, 0.25) is 6.10 Å². The minimum Gasteiger partial charge on any atom is -0.485 e. The molecule has 2 amide bonds. The highest BCUT2D eigenvalue weighted by Gasteiger charge is 2.28. The highest BCUT2D eigenvalue weighted by atomic mass is 79.9. The van der Waals surface area contributed by atoms with E-state index in [0.717, 1.165) is 6.08 Å². The van der Waals surface area contributed by atoms with Crippen molar-refractivity contribution in [2.45, 2.75) is 6.10 Å². The molecular formula is C18H14BrNO7. The first kappa shape index (κ1) is 18.7. The number of halogens is 1. The molecule has 0 spiro atoms. The Morgan fingerprint density at radius 1 is 1.19 bits per heavy atom. The minimum absolute atomic E-state index is 0.0304. The molecule has 9 heteroatoms. The second-order valence-electron chi connectivity index (χ2n) is 5.36. The normalized spacial score (nSPS) is 15.4. The van der Waals surface area contributed by atoms with E-state index in [2.05, 4.69) is 21.2 Å². The second-order valence-corrected chi connectivity index (χ2v) is 6.14. The fourth-order valence-corrected chi connectivity index (χ4v) is 2.47. The quantitative estimate of drug-likeness (QED) is 0.566. The Kier molecular flexibility index (Phi) is 5.92. The average Bonchev–Trinajstić information content (AvgIpc) is 3.09. The molecule has 1 aliphatic rings. The summed E-state index contributed by atoms with van der Waals surface area (Å²) in [6.45, 7) is -0.641. The van der Waals surface area contributed by atoms with Crippen molar-refractivity contribution in [3.05, 3.63) is 52.9 Å². The molecule has 0 unspecified atom stereocenters. The molecule has 1 aromatic carbocycles. The highest BCUT2D eigenvalue weighted by molar-refractivity contribution is 9.10. The van der Waals surface area contributed by atoms with Crippen molar-refractivity contribution in [3.8, 4) is 11.5 Å². The average molecular weight is 436 g/mol. The molecule has 0 bridgehead atoms. The molecule has 8 nitrogen and oxygen atoms in total. The van der Waals surface area contributed by atoms with Gasteiger partial charge in [-0.05, 0) is 46.3 Å². The summed E-state index contributed by atoms with van der Waals surface area (Å²) < 4.78 is 21.4. The molecule has 0 saturated heterocycles. The zero-order valence-electron chi connectivity index (χ0n) is 13.8. The molecular weight excluding hydrogens is 422 g/mol. The van der Waals surface area contributed by atoms with Crippen molar-refractivity contribution >= 4 is 39.8 Å². The van der Waals surface area contributed by atoms with Crippen LogP contribution in [0, 0.1) is 0 Å². The van der Waals surface area contributed by atoms with Gasteiger partial charge in [-0.3, -0.25) is 14.9 Å². The number of benzene rings is 1. The van der Waals surface area contributed by atoms with Crippen LogP contribution in [0.5, 0.6) is 11.5 Å². The lowest BCUT2D eigenvalue weighted by atomic mass is 10.2. The van der Waals surface area contributed by atoms with Gasteiger partial charge in [0.25, 0.3) is 11.8 Å². The van der Waals surface area contributed by atoms with Crippen LogP contribution in [0.3, 0.4) is 0 Å². The summed E-state index contributed by atoms with van der Waals surface area (Å²) in [5, 5.41) is 2.10. The first-order valence-electron chi connectivity index (χ1n) is 7.83. The van der Waals surface area contributed by atoms with Crippen molar-refractivity contribution in [3.63, 3.8) is 0 Å². The summed E-state index contributed by atoms with van der Waals surface area (Å²) in [4.78, 5) is 35.4. The molecule has 27 heavy (non-hydrogen) atoms. The third-order valence-electron chi connectivity index (χ3n) is 3.39. The number of amides is 2. The SMILES string of the molecule is O=C(COC(=O)C=Cc1ccc(Br)o1)NC(=O)[C@@H]1COc2ccccc2O1. The predicted molar refractivity (Wildman–Crippen MR) is 95.9 cm³/mol. The molecule has 0 fully saturated rings. The van der Waals surface area contributed by atoms with E-state index in [4.69, 9.17) is 18.6 Å². The van der Waals surface area contributed by atoms with E-state index in [1.54, 1.807) is 36.4 Å². The smallest absolute Gasteiger partial charge is 0.331 e. The van der Waals surface area contributed by atoms with Crippen LogP contribution >= 0.6 is 15.9 Å². The van der Waals surface area contributed by atoms with Crippen LogP contribution in [0.15, 0.2) is 51.6 Å². The number of para-hydroxylation sites is 2. The van der Waals surface area contributed by atoms with E-state index >= 15 is 0 Å². The number of rotatable bonds is 5. The van der Waals surface area contributed by atoms with Crippen molar-refractivity contribution in [2.75, 3.05) is 13.2 Å². The van der Waals surface area contributed by atoms with Gasteiger partial charge >= 0.3 is 5.97 Å². The Morgan fingerprint density at radius 2 is 1.96 bits per heavy atom. The van der Waals surface area contributed by atoms with Crippen LogP contribution in [0.2, 0.25) is 0 Å². The number of imide groups is 1. The number of esters is 1. The van der Waals surface area contributed by atoms with Gasteiger partial charge in [0.05, 0.1) is 0 Å². The molecule has 1 atom stereocenters. The Balaban J connectivity index is 1.43. The largest absolute Gasteiger partial charge is 0.485 e. The van der Waals surface area contributed by atoms with Crippen LogP contribution in [-0.2, 0) is 19.1 Å². The van der Waals surface area contributed by atoms with Crippen LogP contribution in [0.4, 0.5) is 0 Å². The molecule has 0 aliphatic carbocycles. The molecule has 0 saturated carbocycles. The number of fused-ring (bicyclic) bond motifs is 1. The van der Waals surface area contributed by atoms with Gasteiger partial charge in [-0.1, -0.05) is 12.1 Å². The first-order chi connectivity index (χ1) is 13.0. The first-order valence-corrected chi connectivity index (χ1v) is 8.63. The van der Waals surface area contributed by atoms with Crippen molar-refractivity contribution < 1.29 is 33.0 Å². The summed E-state index contributed by atoms with van der Waals surface area (Å²) in [5.41, 5.74) is 0. The van der Waals surface area contributed by atoms with Gasteiger partial charge in [-0.25, -0.2) is 4.79 Å². The van der Waals surface area contributed by atoms with Crippen molar-refractivity contribution in [2.24, 2.45) is 0 Å². The highest BCUT2D eigenvalue weighted by Crippen LogP contribution is 2.30. The van der Waals surface area contributed by atoms with Crippen LogP contribution in [0.25, 0.3) is 6.08 Å². The minimum atomic E-state index is -0.975. The number of hydrogen-bond donors (Lipinski definition) is 1. The van der Waals surface area contributed by atoms with Crippen LogP contribution < -0.4 is 14.8 Å². The maximum Gasteiger partial charge on any atom is 0.331 e. The Morgan fingerprint density at radius 3 is 2.70 bits per heavy atom. The van der Waals surface area contributed by atoms with Crippen LogP contribution in [0.1, 0.15) is 5.76 Å². The van der Waals surface area contributed by atoms with Gasteiger partial charge in [0.15, 0.2) is 22.8 Å². The van der Waals surface area contributed by atoms with Gasteiger partial charge in [0, 0.05) is 6.08 Å². The Bertz CT molecular complexity index is 889. The van der Waals surface area contributed by atoms with E-state index in [0.29, 0.717) is 21.9 Å². The monoisotopic (exact) mass is 435 g/mol. The topological polar surface area (TPSA) is 104 Å². The molecule has 1 aromatic heterocycles. The van der Waals surface area contributed by atoms with E-state index in [-0.39, 0.29) is 6.61 Å². The molecule has 2 aromatic rings. The number of furan rings is 1. The van der Waals surface area contributed by atoms with Gasteiger partial charge in [-0.2, -0.15) is 0 Å². The van der Waals surface area contributed by atoms with E-state index in [1.807, 2.05) is 0 Å². The van der Waals surface area contributed by atoms with Crippen molar-refractivity contribution in [1.82, 2.24) is 5.32 Å². The summed E-state index contributed by atoms with van der Waals surface area (Å²) in [7, 11) is 0. The Labute approximate surface area is 162 Å². The lowest BCUT2D eigenvalue weighted by Crippen LogP contribution is -2.47. The van der Waals surface area contributed by atoms with E-state index in [9.17, 15) is 14.4 Å². The van der Waals surface area contributed by atoms with Gasteiger partial charge < -0.3 is 18.6 Å². The summed E-state index contributed by atoms with van der Waals surface area (Å²) >= 11 is 3.13. The second kappa shape index (κ2) is 8.54. The zero-order chi connectivity index (χ0) is 19.2.